The van der Waals surface area contributed by atoms with Gasteiger partial charge in [-0.25, -0.2) is 4.98 Å². The van der Waals surface area contributed by atoms with Crippen LogP contribution in [0.4, 0.5) is 0 Å². The Morgan fingerprint density at radius 3 is 2.15 bits per heavy atom. The zero-order valence-electron chi connectivity index (χ0n) is 29.3. The van der Waals surface area contributed by atoms with Gasteiger partial charge in [0.15, 0.2) is 5.78 Å². The number of aliphatic hydroxyl groups is 1. The molecular formula is C41H49IrN2O3-. The van der Waals surface area contributed by atoms with Crippen LogP contribution < -0.4 is 0 Å². The van der Waals surface area contributed by atoms with E-state index in [2.05, 4.69) is 73.2 Å². The number of aromatic nitrogens is 2. The van der Waals surface area contributed by atoms with E-state index in [4.69, 9.17) is 4.42 Å². The molecule has 1 N–H and O–H groups in total. The molecule has 0 fully saturated rings. The molecule has 2 aromatic carbocycles. The first-order valence-corrected chi connectivity index (χ1v) is 16.5. The minimum absolute atomic E-state index is 0. The Bertz CT molecular complexity index is 1840. The first-order valence-electron chi connectivity index (χ1n) is 16.5. The largest absolute Gasteiger partial charge is 0.512 e. The Kier molecular flexibility index (Phi) is 12.5. The second kappa shape index (κ2) is 15.5. The zero-order chi connectivity index (χ0) is 33.7. The van der Waals surface area contributed by atoms with Gasteiger partial charge in [-0.15, -0.1) is 29.1 Å². The molecule has 0 spiro atoms. The van der Waals surface area contributed by atoms with Crippen molar-refractivity contribution in [2.45, 2.75) is 93.4 Å². The van der Waals surface area contributed by atoms with Crippen molar-refractivity contribution in [3.8, 4) is 22.5 Å². The van der Waals surface area contributed by atoms with Crippen molar-refractivity contribution in [2.24, 2.45) is 10.8 Å². The van der Waals surface area contributed by atoms with Crippen LogP contribution in [0.2, 0.25) is 0 Å². The van der Waals surface area contributed by atoms with Crippen LogP contribution in [0, 0.1) is 16.9 Å². The molecule has 5 aromatic rings. The monoisotopic (exact) mass is 810 g/mol. The third kappa shape index (κ3) is 8.47. The summed E-state index contributed by atoms with van der Waals surface area (Å²) in [5, 5.41) is 13.5. The van der Waals surface area contributed by atoms with Gasteiger partial charge in [-0.1, -0.05) is 97.5 Å². The Morgan fingerprint density at radius 1 is 0.851 bits per heavy atom. The molecule has 47 heavy (non-hydrogen) atoms. The van der Waals surface area contributed by atoms with E-state index >= 15 is 0 Å². The molecule has 0 aliphatic carbocycles. The predicted octanol–water partition coefficient (Wildman–Crippen LogP) is 11.5. The molecule has 0 atom stereocenters. The van der Waals surface area contributed by atoms with Crippen LogP contribution in [0.15, 0.2) is 89.4 Å². The molecule has 251 valence electrons. The van der Waals surface area contributed by atoms with Crippen LogP contribution in [0.3, 0.4) is 0 Å². The van der Waals surface area contributed by atoms with Crippen molar-refractivity contribution in [3.63, 3.8) is 0 Å². The van der Waals surface area contributed by atoms with E-state index in [9.17, 15) is 9.90 Å². The summed E-state index contributed by atoms with van der Waals surface area (Å²) in [5.74, 6) is 0.286. The minimum Gasteiger partial charge on any atom is -0.512 e. The van der Waals surface area contributed by atoms with Crippen LogP contribution in [-0.4, -0.2) is 20.9 Å². The van der Waals surface area contributed by atoms with Crippen LogP contribution in [0.5, 0.6) is 0 Å². The van der Waals surface area contributed by atoms with E-state index in [-0.39, 0.29) is 47.9 Å². The van der Waals surface area contributed by atoms with Gasteiger partial charge in [0.25, 0.3) is 0 Å². The first kappa shape index (κ1) is 37.9. The molecule has 0 saturated heterocycles. The zero-order valence-corrected chi connectivity index (χ0v) is 31.7. The van der Waals surface area contributed by atoms with E-state index in [1.807, 2.05) is 72.0 Å². The maximum absolute atomic E-state index is 12.2. The van der Waals surface area contributed by atoms with Crippen LogP contribution in [0.1, 0.15) is 93.6 Å². The van der Waals surface area contributed by atoms with Gasteiger partial charge in [-0.05, 0) is 60.9 Å². The summed E-state index contributed by atoms with van der Waals surface area (Å²) < 4.78 is 5.46. The fourth-order valence-electron chi connectivity index (χ4n) is 5.41. The number of rotatable bonds is 9. The number of carbonyl (C=O) groups is 1. The van der Waals surface area contributed by atoms with E-state index in [0.717, 1.165) is 59.0 Å². The van der Waals surface area contributed by atoms with Gasteiger partial charge in [0.2, 0.25) is 5.71 Å². The molecule has 6 heteroatoms. The van der Waals surface area contributed by atoms with E-state index in [1.54, 1.807) is 6.26 Å². The summed E-state index contributed by atoms with van der Waals surface area (Å²) in [6.45, 7) is 18.8. The van der Waals surface area contributed by atoms with Gasteiger partial charge < -0.3 is 9.52 Å². The van der Waals surface area contributed by atoms with Gasteiger partial charge in [-0.2, -0.15) is 0 Å². The second-order valence-corrected chi connectivity index (χ2v) is 13.8. The molecule has 0 aliphatic heterocycles. The van der Waals surface area contributed by atoms with Crippen LogP contribution in [-0.2, 0) is 30.3 Å². The number of hydrogen-bond donors (Lipinski definition) is 1. The third-order valence-corrected chi connectivity index (χ3v) is 9.83. The molecule has 0 unspecified atom stereocenters. The Balaban J connectivity index is 0.000000290. The molecule has 1 radical (unpaired) electrons. The number of furan rings is 1. The van der Waals surface area contributed by atoms with E-state index in [1.165, 1.54) is 17.0 Å². The summed E-state index contributed by atoms with van der Waals surface area (Å²) in [4.78, 5) is 21.5. The fourth-order valence-corrected chi connectivity index (χ4v) is 5.41. The minimum atomic E-state index is -0.337. The molecule has 5 nitrogen and oxygen atoms in total. The Hall–Kier alpha value is -3.60. The Morgan fingerprint density at radius 2 is 1.51 bits per heavy atom. The second-order valence-electron chi connectivity index (χ2n) is 13.8. The van der Waals surface area contributed by atoms with E-state index < -0.39 is 0 Å². The number of hydrogen-bond acceptors (Lipinski definition) is 5. The molecule has 3 aromatic heterocycles. The maximum atomic E-state index is 12.2. The first-order chi connectivity index (χ1) is 21.8. The molecule has 0 saturated carbocycles. The fraction of sp³-hybridized carbons (Fsp3) is 0.390. The number of pyridine rings is 2. The number of benzene rings is 2. The van der Waals surface area contributed by atoms with Gasteiger partial charge in [0, 0.05) is 54.3 Å². The van der Waals surface area contributed by atoms with Crippen LogP contribution >= 0.6 is 0 Å². The topological polar surface area (TPSA) is 76.2 Å². The quantitative estimate of drug-likeness (QED) is 0.0912. The average Bonchev–Trinajstić information content (AvgIpc) is 3.55. The van der Waals surface area contributed by atoms with E-state index in [0.29, 0.717) is 5.71 Å². The van der Waals surface area contributed by atoms with Crippen molar-refractivity contribution < 1.29 is 34.4 Å². The molecule has 0 amide bonds. The SMILES string of the molecule is CC(C)(C)c1cc(-c2cc(-c3ccc4ccoc4n3)ccn2)[c-]c2ccccc12.CCC(C)(CC)C(=O)/C=C(\O)C(C)(CC)CC.[Ir]. The summed E-state index contributed by atoms with van der Waals surface area (Å²) in [6.07, 6.45) is 8.25. The molecular weight excluding hydrogens is 761 g/mol. The normalized spacial score (nSPS) is 12.4. The van der Waals surface area contributed by atoms with Crippen molar-refractivity contribution >= 4 is 27.7 Å². The smallest absolute Gasteiger partial charge is 0.226 e. The van der Waals surface area contributed by atoms with Crippen LogP contribution in [0.25, 0.3) is 44.4 Å². The molecule has 5 rings (SSSR count). The number of aliphatic hydroxyl groups excluding tert-OH is 1. The van der Waals surface area contributed by atoms with Crippen molar-refractivity contribution in [2.75, 3.05) is 0 Å². The summed E-state index contributed by atoms with van der Waals surface area (Å²) in [5.41, 5.74) is 5.12. The molecule has 0 aliphatic rings. The number of fused-ring (bicyclic) bond motifs is 2. The van der Waals surface area contributed by atoms with Crippen molar-refractivity contribution in [1.82, 2.24) is 9.97 Å². The molecule has 0 bridgehead atoms. The van der Waals surface area contributed by atoms with Gasteiger partial charge >= 0.3 is 0 Å². The number of nitrogens with zero attached hydrogens (tertiary/aromatic N) is 2. The summed E-state index contributed by atoms with van der Waals surface area (Å²) in [7, 11) is 0. The molecule has 3 heterocycles. The van der Waals surface area contributed by atoms with Crippen molar-refractivity contribution in [1.29, 1.82) is 0 Å². The number of carbonyl (C=O) groups excluding carboxylic acids is 1. The number of allylic oxidation sites excluding steroid dienone is 2. The van der Waals surface area contributed by atoms with Crippen molar-refractivity contribution in [3.05, 3.63) is 96.6 Å². The average molecular weight is 810 g/mol. The summed E-state index contributed by atoms with van der Waals surface area (Å²) in [6, 6.07) is 24.2. The number of ketones is 1. The maximum Gasteiger partial charge on any atom is 0.226 e. The third-order valence-electron chi connectivity index (χ3n) is 9.83. The standard InChI is InChI=1S/C26H21N2O.C15H28O2.Ir/c1-26(2,3)22-15-20(14-18-6-4-5-7-21(18)22)24-16-19(10-12-27-24)23-9-8-17-11-13-29-25(17)28-23;1-7-14(5,8-2)12(16)11-13(17)15(6,9-3)10-4;/h4-13,15-16H,1-3H3;11,16H,7-10H2,1-6H3;/q-1;;/b;12-11-;. The van der Waals surface area contributed by atoms with Gasteiger partial charge in [0.05, 0.1) is 12.0 Å². The van der Waals surface area contributed by atoms with Gasteiger partial charge in [-0.3, -0.25) is 9.78 Å². The summed E-state index contributed by atoms with van der Waals surface area (Å²) >= 11 is 0. The van der Waals surface area contributed by atoms with Gasteiger partial charge in [0.1, 0.15) is 5.76 Å². The Labute approximate surface area is 294 Å². The predicted molar refractivity (Wildman–Crippen MR) is 191 cm³/mol.